The number of nitrogens with zero attached hydrogens (tertiary/aromatic N) is 1. The summed E-state index contributed by atoms with van der Waals surface area (Å²) in [6.45, 7) is 3.44. The van der Waals surface area contributed by atoms with E-state index in [0.717, 1.165) is 5.69 Å². The normalized spacial score (nSPS) is 10.3. The number of carbonyl (C=O) groups excluding carboxylic acids is 1. The van der Waals surface area contributed by atoms with Gasteiger partial charge in [-0.1, -0.05) is 17.7 Å². The number of carbonyl (C=O) groups is 1. The van der Waals surface area contributed by atoms with E-state index in [2.05, 4.69) is 10.3 Å². The van der Waals surface area contributed by atoms with Crippen molar-refractivity contribution in [3.05, 3.63) is 58.1 Å². The standard InChI is InChI=1S/C14H12ClFN2O/c1-8-3-4-10(6-13(8)16)18-14(19)11-7-17-9(2)5-12(11)15/h3-7H,1-2H3,(H,18,19). The van der Waals surface area contributed by atoms with E-state index in [1.54, 1.807) is 32.0 Å². The topological polar surface area (TPSA) is 42.0 Å². The third kappa shape index (κ3) is 3.09. The molecule has 1 amide bonds. The van der Waals surface area contributed by atoms with Crippen LogP contribution in [0.5, 0.6) is 0 Å². The van der Waals surface area contributed by atoms with Crippen molar-refractivity contribution in [2.75, 3.05) is 5.32 Å². The minimum Gasteiger partial charge on any atom is -0.322 e. The molecule has 0 saturated carbocycles. The van der Waals surface area contributed by atoms with Crippen molar-refractivity contribution in [2.45, 2.75) is 13.8 Å². The van der Waals surface area contributed by atoms with E-state index in [-0.39, 0.29) is 11.4 Å². The first kappa shape index (κ1) is 13.5. The molecule has 1 aromatic carbocycles. The summed E-state index contributed by atoms with van der Waals surface area (Å²) in [5.74, 6) is -0.785. The Morgan fingerprint density at radius 3 is 2.68 bits per heavy atom. The first-order valence-electron chi connectivity index (χ1n) is 5.67. The van der Waals surface area contributed by atoms with Gasteiger partial charge in [0.25, 0.3) is 5.91 Å². The Hall–Kier alpha value is -1.94. The van der Waals surface area contributed by atoms with Crippen LogP contribution in [-0.2, 0) is 0 Å². The molecule has 3 nitrogen and oxygen atoms in total. The van der Waals surface area contributed by atoms with Crippen molar-refractivity contribution in [1.82, 2.24) is 4.98 Å². The van der Waals surface area contributed by atoms with Gasteiger partial charge in [0.1, 0.15) is 5.82 Å². The maximum Gasteiger partial charge on any atom is 0.258 e. The number of halogens is 2. The zero-order valence-corrected chi connectivity index (χ0v) is 11.3. The molecule has 0 aliphatic carbocycles. The molecule has 98 valence electrons. The van der Waals surface area contributed by atoms with Crippen LogP contribution in [0.2, 0.25) is 5.02 Å². The van der Waals surface area contributed by atoms with Crippen molar-refractivity contribution in [1.29, 1.82) is 0 Å². The minimum atomic E-state index is -0.416. The molecule has 1 heterocycles. The van der Waals surface area contributed by atoms with Gasteiger partial charge in [-0.25, -0.2) is 4.39 Å². The van der Waals surface area contributed by atoms with Gasteiger partial charge in [0.2, 0.25) is 0 Å². The van der Waals surface area contributed by atoms with Crippen LogP contribution in [0.15, 0.2) is 30.5 Å². The molecule has 2 aromatic rings. The van der Waals surface area contributed by atoms with E-state index in [4.69, 9.17) is 11.6 Å². The summed E-state index contributed by atoms with van der Waals surface area (Å²) in [6.07, 6.45) is 1.40. The molecule has 0 aliphatic rings. The predicted molar refractivity (Wildman–Crippen MR) is 73.1 cm³/mol. The highest BCUT2D eigenvalue weighted by Gasteiger charge is 2.12. The molecule has 0 spiro atoms. The molecule has 19 heavy (non-hydrogen) atoms. The molecule has 0 radical (unpaired) electrons. The van der Waals surface area contributed by atoms with Gasteiger partial charge >= 0.3 is 0 Å². The Labute approximate surface area is 115 Å². The molecular weight excluding hydrogens is 267 g/mol. The van der Waals surface area contributed by atoms with Crippen LogP contribution in [-0.4, -0.2) is 10.9 Å². The quantitative estimate of drug-likeness (QED) is 0.909. The van der Waals surface area contributed by atoms with E-state index in [9.17, 15) is 9.18 Å². The summed E-state index contributed by atoms with van der Waals surface area (Å²) < 4.78 is 13.4. The maximum atomic E-state index is 13.4. The van der Waals surface area contributed by atoms with Crippen molar-refractivity contribution < 1.29 is 9.18 Å². The van der Waals surface area contributed by atoms with Gasteiger partial charge in [-0.3, -0.25) is 9.78 Å². The molecule has 0 bridgehead atoms. The molecule has 0 atom stereocenters. The van der Waals surface area contributed by atoms with E-state index < -0.39 is 5.91 Å². The minimum absolute atomic E-state index is 0.258. The summed E-state index contributed by atoms with van der Waals surface area (Å²) in [5.41, 5.74) is 1.88. The molecule has 0 saturated heterocycles. The third-order valence-electron chi connectivity index (χ3n) is 2.66. The van der Waals surface area contributed by atoms with Gasteiger partial charge in [0, 0.05) is 17.6 Å². The SMILES string of the molecule is Cc1cc(Cl)c(C(=O)Nc2ccc(C)c(F)c2)cn1. The smallest absolute Gasteiger partial charge is 0.258 e. The molecule has 2 rings (SSSR count). The van der Waals surface area contributed by atoms with Crippen LogP contribution < -0.4 is 5.32 Å². The average molecular weight is 279 g/mol. The molecule has 0 aliphatic heterocycles. The summed E-state index contributed by atoms with van der Waals surface area (Å²) in [6, 6.07) is 6.10. The zero-order valence-electron chi connectivity index (χ0n) is 10.5. The molecule has 0 unspecified atom stereocenters. The summed E-state index contributed by atoms with van der Waals surface area (Å²) >= 11 is 5.97. The van der Waals surface area contributed by atoms with Gasteiger partial charge in [0.05, 0.1) is 10.6 Å². The van der Waals surface area contributed by atoms with Crippen LogP contribution in [0.4, 0.5) is 10.1 Å². The number of rotatable bonds is 2. The van der Waals surface area contributed by atoms with Gasteiger partial charge < -0.3 is 5.32 Å². The average Bonchev–Trinajstić information content (AvgIpc) is 2.33. The van der Waals surface area contributed by atoms with Crippen molar-refractivity contribution in [3.8, 4) is 0 Å². The Kier molecular flexibility index (Phi) is 3.81. The van der Waals surface area contributed by atoms with Crippen LogP contribution in [0.3, 0.4) is 0 Å². The summed E-state index contributed by atoms with van der Waals surface area (Å²) in [7, 11) is 0. The number of hydrogen-bond donors (Lipinski definition) is 1. The lowest BCUT2D eigenvalue weighted by Crippen LogP contribution is -2.13. The number of hydrogen-bond acceptors (Lipinski definition) is 2. The molecule has 0 fully saturated rings. The highest BCUT2D eigenvalue weighted by atomic mass is 35.5. The van der Waals surface area contributed by atoms with Gasteiger partial charge in [-0.05, 0) is 37.6 Å². The fourth-order valence-corrected chi connectivity index (χ4v) is 1.86. The number of nitrogens with one attached hydrogen (secondary N) is 1. The van der Waals surface area contributed by atoms with Gasteiger partial charge in [-0.2, -0.15) is 0 Å². The molecule has 1 N–H and O–H groups in total. The lowest BCUT2D eigenvalue weighted by Gasteiger charge is -2.07. The largest absolute Gasteiger partial charge is 0.322 e. The van der Waals surface area contributed by atoms with Crippen LogP contribution in [0, 0.1) is 19.7 Å². The Balaban J connectivity index is 2.23. The van der Waals surface area contributed by atoms with E-state index in [1.807, 2.05) is 0 Å². The molecule has 5 heteroatoms. The number of aryl methyl sites for hydroxylation is 2. The number of benzene rings is 1. The third-order valence-corrected chi connectivity index (χ3v) is 2.98. The first-order chi connectivity index (χ1) is 8.97. The number of aromatic nitrogens is 1. The van der Waals surface area contributed by atoms with Crippen molar-refractivity contribution in [3.63, 3.8) is 0 Å². The second kappa shape index (κ2) is 5.36. The van der Waals surface area contributed by atoms with Crippen molar-refractivity contribution >= 4 is 23.2 Å². The summed E-state index contributed by atoms with van der Waals surface area (Å²) in [5, 5.41) is 2.90. The number of anilines is 1. The first-order valence-corrected chi connectivity index (χ1v) is 6.05. The number of pyridine rings is 1. The van der Waals surface area contributed by atoms with Crippen LogP contribution in [0.1, 0.15) is 21.6 Å². The second-order valence-electron chi connectivity index (χ2n) is 4.22. The molecular formula is C14H12ClFN2O. The van der Waals surface area contributed by atoms with Crippen molar-refractivity contribution in [2.24, 2.45) is 0 Å². The maximum absolute atomic E-state index is 13.4. The van der Waals surface area contributed by atoms with Crippen LogP contribution in [0.25, 0.3) is 0 Å². The Morgan fingerprint density at radius 1 is 1.32 bits per heavy atom. The highest BCUT2D eigenvalue weighted by molar-refractivity contribution is 6.34. The lowest BCUT2D eigenvalue weighted by molar-refractivity contribution is 0.102. The fourth-order valence-electron chi connectivity index (χ4n) is 1.56. The Bertz CT molecular complexity index is 643. The number of amides is 1. The van der Waals surface area contributed by atoms with Crippen LogP contribution >= 0.6 is 11.6 Å². The second-order valence-corrected chi connectivity index (χ2v) is 4.63. The predicted octanol–water partition coefficient (Wildman–Crippen LogP) is 3.74. The lowest BCUT2D eigenvalue weighted by atomic mass is 10.2. The summed E-state index contributed by atoms with van der Waals surface area (Å²) in [4.78, 5) is 16.0. The highest BCUT2D eigenvalue weighted by Crippen LogP contribution is 2.19. The van der Waals surface area contributed by atoms with E-state index >= 15 is 0 Å². The van der Waals surface area contributed by atoms with E-state index in [1.165, 1.54) is 12.3 Å². The van der Waals surface area contributed by atoms with Gasteiger partial charge in [0.15, 0.2) is 0 Å². The van der Waals surface area contributed by atoms with Gasteiger partial charge in [-0.15, -0.1) is 0 Å². The monoisotopic (exact) mass is 278 g/mol. The Morgan fingerprint density at radius 2 is 2.05 bits per heavy atom. The molecule has 1 aromatic heterocycles. The zero-order chi connectivity index (χ0) is 14.0. The fraction of sp³-hybridized carbons (Fsp3) is 0.143. The van der Waals surface area contributed by atoms with E-state index in [0.29, 0.717) is 16.3 Å².